The van der Waals surface area contributed by atoms with Gasteiger partial charge in [0, 0.05) is 17.3 Å². The highest BCUT2D eigenvalue weighted by molar-refractivity contribution is 5.89. The SMILES string of the molecule is COC(=O)[C@@H](NC(=O)[C@@]1(C)CCC[C@@]2(C)[C@@H]3CC[C@]4(O)C[C@@H]5C[C@@]3(CC[C@@H]21)[C@H]4O5)c1ccccc1. The van der Waals surface area contributed by atoms with Gasteiger partial charge in [-0.05, 0) is 67.8 Å². The maximum Gasteiger partial charge on any atom is 0.333 e. The van der Waals surface area contributed by atoms with E-state index >= 15 is 0 Å². The molecule has 190 valence electrons. The van der Waals surface area contributed by atoms with Crippen LogP contribution in [0, 0.1) is 28.1 Å². The number of carbonyl (C=O) groups excluding carboxylic acids is 2. The lowest BCUT2D eigenvalue weighted by molar-refractivity contribution is -0.217. The summed E-state index contributed by atoms with van der Waals surface area (Å²) < 4.78 is 11.5. The average molecular weight is 482 g/mol. The first-order valence-electron chi connectivity index (χ1n) is 13.5. The monoisotopic (exact) mass is 481 g/mol. The van der Waals surface area contributed by atoms with Crippen LogP contribution in [0.15, 0.2) is 30.3 Å². The summed E-state index contributed by atoms with van der Waals surface area (Å²) in [6.07, 6.45) is 8.75. The van der Waals surface area contributed by atoms with E-state index < -0.39 is 23.0 Å². The minimum Gasteiger partial charge on any atom is -0.467 e. The molecule has 1 spiro atoms. The van der Waals surface area contributed by atoms with Crippen molar-refractivity contribution in [1.29, 1.82) is 0 Å². The minimum absolute atomic E-state index is 0.0191. The zero-order valence-corrected chi connectivity index (χ0v) is 21.2. The van der Waals surface area contributed by atoms with Crippen molar-refractivity contribution in [1.82, 2.24) is 5.32 Å². The highest BCUT2D eigenvalue weighted by Crippen LogP contribution is 2.73. The van der Waals surface area contributed by atoms with Gasteiger partial charge in [0.25, 0.3) is 0 Å². The summed E-state index contributed by atoms with van der Waals surface area (Å²) in [6.45, 7) is 4.54. The van der Waals surface area contributed by atoms with E-state index in [4.69, 9.17) is 9.47 Å². The topological polar surface area (TPSA) is 84.9 Å². The molecule has 1 amide bonds. The van der Waals surface area contributed by atoms with Gasteiger partial charge in [-0.3, -0.25) is 4.79 Å². The Morgan fingerprint density at radius 3 is 2.51 bits per heavy atom. The van der Waals surface area contributed by atoms with Gasteiger partial charge in [-0.1, -0.05) is 50.6 Å². The van der Waals surface area contributed by atoms with Crippen molar-refractivity contribution in [3.63, 3.8) is 0 Å². The first-order valence-corrected chi connectivity index (χ1v) is 13.5. The number of carbonyl (C=O) groups is 2. The predicted octanol–water partition coefficient (Wildman–Crippen LogP) is 4.31. The van der Waals surface area contributed by atoms with E-state index in [1.54, 1.807) is 0 Å². The van der Waals surface area contributed by atoms with Gasteiger partial charge in [-0.15, -0.1) is 0 Å². The normalized spacial score (nSPS) is 46.3. The summed E-state index contributed by atoms with van der Waals surface area (Å²) in [7, 11) is 1.37. The third kappa shape index (κ3) is 3.14. The Morgan fingerprint density at radius 2 is 1.80 bits per heavy atom. The number of benzene rings is 1. The van der Waals surface area contributed by atoms with Crippen molar-refractivity contribution in [2.24, 2.45) is 28.1 Å². The number of aliphatic hydroxyl groups is 1. The third-order valence-corrected chi connectivity index (χ3v) is 11.1. The van der Waals surface area contributed by atoms with Crippen LogP contribution in [-0.4, -0.2) is 41.9 Å². The summed E-state index contributed by atoms with van der Waals surface area (Å²) in [5.74, 6) is 0.209. The fraction of sp³-hybridized carbons (Fsp3) is 0.724. The molecule has 0 radical (unpaired) electrons. The first-order chi connectivity index (χ1) is 16.7. The second-order valence-electron chi connectivity index (χ2n) is 12.7. The molecule has 6 heteroatoms. The zero-order chi connectivity index (χ0) is 24.6. The smallest absolute Gasteiger partial charge is 0.333 e. The molecule has 0 unspecified atom stereocenters. The summed E-state index contributed by atoms with van der Waals surface area (Å²) in [6, 6.07) is 8.56. The van der Waals surface area contributed by atoms with Crippen molar-refractivity contribution in [2.75, 3.05) is 7.11 Å². The molecular weight excluding hydrogens is 442 g/mol. The van der Waals surface area contributed by atoms with Gasteiger partial charge in [-0.25, -0.2) is 4.79 Å². The van der Waals surface area contributed by atoms with Crippen LogP contribution in [0.25, 0.3) is 0 Å². The molecule has 2 N–H and O–H groups in total. The van der Waals surface area contributed by atoms with Crippen LogP contribution in [0.5, 0.6) is 0 Å². The summed E-state index contributed by atoms with van der Waals surface area (Å²) in [4.78, 5) is 26.7. The van der Waals surface area contributed by atoms with Crippen LogP contribution < -0.4 is 5.32 Å². The van der Waals surface area contributed by atoms with Crippen molar-refractivity contribution < 1.29 is 24.2 Å². The van der Waals surface area contributed by atoms with E-state index in [-0.39, 0.29) is 34.9 Å². The molecule has 5 aliphatic rings. The van der Waals surface area contributed by atoms with E-state index in [1.807, 2.05) is 30.3 Å². The van der Waals surface area contributed by atoms with Crippen LogP contribution in [0.4, 0.5) is 0 Å². The largest absolute Gasteiger partial charge is 0.467 e. The summed E-state index contributed by atoms with van der Waals surface area (Å²) in [5, 5.41) is 14.5. The highest BCUT2D eigenvalue weighted by atomic mass is 16.5. The number of hydrogen-bond acceptors (Lipinski definition) is 5. The lowest BCUT2D eigenvalue weighted by Crippen LogP contribution is -2.67. The Morgan fingerprint density at radius 1 is 1.06 bits per heavy atom. The Bertz CT molecular complexity index is 1030. The van der Waals surface area contributed by atoms with E-state index in [0.717, 1.165) is 63.4 Å². The van der Waals surface area contributed by atoms with Crippen molar-refractivity contribution in [3.05, 3.63) is 35.9 Å². The Labute approximate surface area is 208 Å². The molecule has 2 heterocycles. The number of ether oxygens (including phenoxy) is 2. The Balaban J connectivity index is 1.30. The van der Waals surface area contributed by atoms with Gasteiger partial charge in [-0.2, -0.15) is 0 Å². The lowest BCUT2D eigenvalue weighted by atomic mass is 9.37. The number of rotatable bonds is 4. The molecule has 1 aromatic rings. The van der Waals surface area contributed by atoms with E-state index in [2.05, 4.69) is 19.2 Å². The molecule has 5 fully saturated rings. The number of hydrogen-bond donors (Lipinski definition) is 2. The standard InChI is InChI=1S/C29H39NO5/c1-26-12-7-13-27(2,25(32)30-22(23(31)34-3)18-8-5-4-6-9-18)20(26)10-14-28-16-19-17-29(33,24(28)35-19)15-11-21(26)28/h4-6,8-9,19-22,24,33H,7,10-17H2,1-3H3,(H,30,32)/t19-,20-,21-,22-,24+,26+,27-,28+,29-/m0/s1. The third-order valence-electron chi connectivity index (χ3n) is 11.1. The van der Waals surface area contributed by atoms with Gasteiger partial charge >= 0.3 is 5.97 Å². The minimum atomic E-state index is -0.808. The summed E-state index contributed by atoms with van der Waals surface area (Å²) >= 11 is 0. The second kappa shape index (κ2) is 7.79. The summed E-state index contributed by atoms with van der Waals surface area (Å²) in [5.41, 5.74) is -0.397. The average Bonchev–Trinajstić information content (AvgIpc) is 3.37. The van der Waals surface area contributed by atoms with Crippen LogP contribution in [-0.2, 0) is 19.1 Å². The quantitative estimate of drug-likeness (QED) is 0.626. The van der Waals surface area contributed by atoms with Crippen molar-refractivity contribution in [2.45, 2.75) is 95.5 Å². The zero-order valence-electron chi connectivity index (χ0n) is 21.2. The van der Waals surface area contributed by atoms with Crippen LogP contribution >= 0.6 is 0 Å². The number of esters is 1. The molecule has 0 aromatic heterocycles. The molecular formula is C29H39NO5. The molecule has 35 heavy (non-hydrogen) atoms. The first kappa shape index (κ1) is 23.5. The van der Waals surface area contributed by atoms with Gasteiger partial charge < -0.3 is 19.9 Å². The maximum atomic E-state index is 14.0. The number of fused-ring (bicyclic) bond motifs is 3. The molecule has 3 saturated carbocycles. The van der Waals surface area contributed by atoms with E-state index in [9.17, 15) is 14.7 Å². The molecule has 2 saturated heterocycles. The van der Waals surface area contributed by atoms with Gasteiger partial charge in [0.05, 0.1) is 24.9 Å². The molecule has 2 bridgehead atoms. The molecule has 1 aromatic carbocycles. The van der Waals surface area contributed by atoms with Crippen LogP contribution in [0.2, 0.25) is 0 Å². The molecule has 2 aliphatic heterocycles. The van der Waals surface area contributed by atoms with E-state index in [1.165, 1.54) is 7.11 Å². The van der Waals surface area contributed by atoms with Crippen molar-refractivity contribution >= 4 is 11.9 Å². The lowest BCUT2D eigenvalue weighted by Gasteiger charge is -2.67. The molecule has 9 atom stereocenters. The highest BCUT2D eigenvalue weighted by Gasteiger charge is 2.73. The Kier molecular flexibility index (Phi) is 5.22. The maximum absolute atomic E-state index is 14.0. The number of nitrogens with one attached hydrogen (secondary N) is 1. The van der Waals surface area contributed by atoms with Gasteiger partial charge in [0.2, 0.25) is 5.91 Å². The number of amides is 1. The predicted molar refractivity (Wildman–Crippen MR) is 130 cm³/mol. The number of methoxy groups -OCH3 is 1. The van der Waals surface area contributed by atoms with Gasteiger partial charge in [0.15, 0.2) is 6.04 Å². The van der Waals surface area contributed by atoms with Crippen molar-refractivity contribution in [3.8, 4) is 0 Å². The van der Waals surface area contributed by atoms with Gasteiger partial charge in [0.1, 0.15) is 0 Å². The fourth-order valence-corrected chi connectivity index (χ4v) is 9.82. The fourth-order valence-electron chi connectivity index (χ4n) is 9.82. The van der Waals surface area contributed by atoms with E-state index in [0.29, 0.717) is 5.92 Å². The molecule has 3 aliphatic carbocycles. The molecule has 6 nitrogen and oxygen atoms in total. The van der Waals surface area contributed by atoms with Crippen LogP contribution in [0.3, 0.4) is 0 Å². The second-order valence-corrected chi connectivity index (χ2v) is 12.7. The Hall–Kier alpha value is -1.92. The molecule has 6 rings (SSSR count). The van der Waals surface area contributed by atoms with Crippen LogP contribution in [0.1, 0.15) is 83.2 Å².